The van der Waals surface area contributed by atoms with Crippen LogP contribution < -0.4 is 9.47 Å². The molecule has 0 aromatic heterocycles. The van der Waals surface area contributed by atoms with Crippen LogP contribution >= 0.6 is 0 Å². The number of rotatable bonds is 10. The summed E-state index contributed by atoms with van der Waals surface area (Å²) in [6.07, 6.45) is -9.24. The Labute approximate surface area is 248 Å². The molecule has 17 nitrogen and oxygen atoms in total. The molecule has 0 aliphatic carbocycles. The number of carbonyl (C=O) groups is 5. The third-order valence-electron chi connectivity index (χ3n) is 5.74. The number of hydrogen-bond acceptors (Lipinski definition) is 16. The minimum absolute atomic E-state index is 0.0170. The second kappa shape index (κ2) is 14.6. The van der Waals surface area contributed by atoms with E-state index in [0.717, 1.165) is 46.1 Å². The Kier molecular flexibility index (Phi) is 11.0. The van der Waals surface area contributed by atoms with E-state index in [1.807, 2.05) is 0 Å². The number of hydrogen-bond donors (Lipinski definition) is 1. The van der Waals surface area contributed by atoms with Gasteiger partial charge in [-0.25, -0.2) is 9.59 Å². The van der Waals surface area contributed by atoms with E-state index in [1.165, 1.54) is 24.3 Å². The Morgan fingerprint density at radius 3 is 1.98 bits per heavy atom. The van der Waals surface area contributed by atoms with Gasteiger partial charge in [0.15, 0.2) is 18.3 Å². The van der Waals surface area contributed by atoms with E-state index in [1.54, 1.807) is 0 Å². The highest BCUT2D eigenvalue weighted by atomic mass is 16.7. The first-order chi connectivity index (χ1) is 20.8. The van der Waals surface area contributed by atoms with Gasteiger partial charge in [0.2, 0.25) is 12.4 Å². The lowest BCUT2D eigenvalue weighted by Crippen LogP contribution is -2.64. The van der Waals surface area contributed by atoms with Gasteiger partial charge < -0.3 is 43.0 Å². The topological polar surface area (TPSA) is 223 Å². The third-order valence-corrected chi connectivity index (χ3v) is 5.74. The van der Waals surface area contributed by atoms with Crippen LogP contribution in [0.15, 0.2) is 42.5 Å². The Balaban J connectivity index is 1.78. The summed E-state index contributed by atoms with van der Waals surface area (Å²) in [7, 11) is 1.03. The molecule has 1 fully saturated rings. The van der Waals surface area contributed by atoms with E-state index >= 15 is 0 Å². The predicted molar refractivity (Wildman–Crippen MR) is 140 cm³/mol. The molecule has 1 heterocycles. The second-order valence-electron chi connectivity index (χ2n) is 8.97. The van der Waals surface area contributed by atoms with Crippen LogP contribution in [0.25, 0.3) is 0 Å². The van der Waals surface area contributed by atoms with Gasteiger partial charge in [0.05, 0.1) is 12.0 Å². The van der Waals surface area contributed by atoms with E-state index in [-0.39, 0.29) is 22.7 Å². The molecule has 0 amide bonds. The van der Waals surface area contributed by atoms with Crippen LogP contribution in [0.5, 0.6) is 17.2 Å². The summed E-state index contributed by atoms with van der Waals surface area (Å²) in [6.45, 7) is 2.65. The molecule has 0 saturated carbocycles. The Hall–Kier alpha value is -5.45. The number of benzene rings is 2. The number of nitro groups is 1. The highest BCUT2D eigenvalue weighted by Gasteiger charge is 2.55. The fourth-order valence-corrected chi connectivity index (χ4v) is 3.95. The third kappa shape index (κ3) is 8.78. The normalized spacial score (nSPS) is 20.8. The van der Waals surface area contributed by atoms with Crippen molar-refractivity contribution < 1.29 is 71.9 Å². The first kappa shape index (κ1) is 33.1. The Morgan fingerprint density at radius 2 is 1.43 bits per heavy atom. The molecule has 3 rings (SSSR count). The molecule has 1 N–H and O–H groups in total. The lowest BCUT2D eigenvalue weighted by Gasteiger charge is -2.43. The van der Waals surface area contributed by atoms with E-state index < -0.39 is 78.0 Å². The zero-order valence-electron chi connectivity index (χ0n) is 23.7. The van der Waals surface area contributed by atoms with E-state index in [4.69, 9.17) is 37.9 Å². The summed E-state index contributed by atoms with van der Waals surface area (Å²) in [6, 6.07) is 8.36. The summed E-state index contributed by atoms with van der Waals surface area (Å²) in [5.74, 6) is -4.18. The number of methoxy groups -OCH3 is 1. The van der Waals surface area contributed by atoms with Gasteiger partial charge in [-0.05, 0) is 24.3 Å². The Morgan fingerprint density at radius 1 is 0.864 bits per heavy atom. The second-order valence-corrected chi connectivity index (χ2v) is 8.97. The molecule has 44 heavy (non-hydrogen) atoms. The van der Waals surface area contributed by atoms with Crippen LogP contribution in [-0.2, 0) is 54.2 Å². The average molecular weight is 622 g/mol. The maximum atomic E-state index is 12.5. The number of esters is 4. The van der Waals surface area contributed by atoms with Gasteiger partial charge >= 0.3 is 30.0 Å². The van der Waals surface area contributed by atoms with Crippen molar-refractivity contribution in [2.45, 2.75) is 58.1 Å². The van der Waals surface area contributed by atoms with Gasteiger partial charge in [-0.2, -0.15) is 0 Å². The monoisotopic (exact) mass is 621 g/mol. The van der Waals surface area contributed by atoms with Gasteiger partial charge in [-0.3, -0.25) is 24.5 Å². The molecular formula is C27H27NO16. The molecule has 0 bridgehead atoms. The van der Waals surface area contributed by atoms with Crippen LogP contribution in [0.4, 0.5) is 10.5 Å². The summed E-state index contributed by atoms with van der Waals surface area (Å²) in [4.78, 5) is 70.3. The van der Waals surface area contributed by atoms with Crippen LogP contribution in [0.3, 0.4) is 0 Å². The molecule has 0 radical (unpaired) electrons. The molecule has 5 atom stereocenters. The van der Waals surface area contributed by atoms with E-state index in [9.17, 15) is 39.2 Å². The van der Waals surface area contributed by atoms with Crippen LogP contribution in [0.2, 0.25) is 0 Å². The van der Waals surface area contributed by atoms with Gasteiger partial charge in [0, 0.05) is 44.5 Å². The maximum Gasteiger partial charge on any atom is 0.514 e. The van der Waals surface area contributed by atoms with Crippen molar-refractivity contribution in [3.05, 3.63) is 58.1 Å². The fraction of sp³-hybridized carbons (Fsp3) is 0.370. The van der Waals surface area contributed by atoms with Crippen molar-refractivity contribution in [1.82, 2.24) is 0 Å². The summed E-state index contributed by atoms with van der Waals surface area (Å²) >= 11 is 0. The molecule has 0 spiro atoms. The van der Waals surface area contributed by atoms with Crippen LogP contribution in [-0.4, -0.2) is 77.9 Å². The number of phenolic OH excluding ortho intramolecular Hbond substituents is 1. The first-order valence-corrected chi connectivity index (χ1v) is 12.6. The number of nitro benzene ring substituents is 1. The van der Waals surface area contributed by atoms with E-state index in [0.29, 0.717) is 0 Å². The molecule has 17 heteroatoms. The van der Waals surface area contributed by atoms with Crippen LogP contribution in [0, 0.1) is 10.1 Å². The minimum atomic E-state index is -1.69. The first-order valence-electron chi connectivity index (χ1n) is 12.6. The predicted octanol–water partition coefficient (Wildman–Crippen LogP) is 2.09. The van der Waals surface area contributed by atoms with Crippen molar-refractivity contribution in [3.63, 3.8) is 0 Å². The van der Waals surface area contributed by atoms with Crippen molar-refractivity contribution >= 4 is 35.7 Å². The largest absolute Gasteiger partial charge is 0.514 e. The van der Waals surface area contributed by atoms with Crippen molar-refractivity contribution in [2.24, 2.45) is 0 Å². The molecule has 2 aromatic rings. The van der Waals surface area contributed by atoms with Crippen molar-refractivity contribution in [1.29, 1.82) is 0 Å². The lowest BCUT2D eigenvalue weighted by molar-refractivity contribution is -0.384. The number of carbonyl (C=O) groups excluding carboxylic acids is 5. The summed E-state index contributed by atoms with van der Waals surface area (Å²) < 4.78 is 41.8. The fourth-order valence-electron chi connectivity index (χ4n) is 3.95. The maximum absolute atomic E-state index is 12.5. The highest BCUT2D eigenvalue weighted by molar-refractivity contribution is 5.77. The average Bonchev–Trinajstić information content (AvgIpc) is 2.94. The summed E-state index contributed by atoms with van der Waals surface area (Å²) in [5, 5.41) is 21.2. The zero-order valence-corrected chi connectivity index (χ0v) is 23.7. The zero-order chi connectivity index (χ0) is 32.6. The molecule has 1 saturated heterocycles. The SMILES string of the molecule is COC(=O)C1OC(Oc2ccc(COC(=O)Oc3ccc([N+](=O)[O-])cc3)c(O)c2)[C@H](OC(C)=O)C(OC(C)=O)[C@@H]1OC(C)=O. The van der Waals surface area contributed by atoms with Crippen LogP contribution in [0.1, 0.15) is 26.3 Å². The minimum Gasteiger partial charge on any atom is -0.507 e. The van der Waals surface area contributed by atoms with Gasteiger partial charge in [0.25, 0.3) is 5.69 Å². The number of non-ortho nitro benzene ring substituents is 1. The van der Waals surface area contributed by atoms with Gasteiger partial charge in [-0.15, -0.1) is 0 Å². The lowest BCUT2D eigenvalue weighted by atomic mass is 9.97. The Bertz CT molecular complexity index is 1410. The molecule has 2 aromatic carbocycles. The smallest absolute Gasteiger partial charge is 0.507 e. The van der Waals surface area contributed by atoms with Crippen molar-refractivity contribution in [3.8, 4) is 17.2 Å². The summed E-state index contributed by atoms with van der Waals surface area (Å²) in [5.41, 5.74) is -0.109. The number of ether oxygens (including phenoxy) is 8. The quantitative estimate of drug-likeness (QED) is 0.132. The number of phenols is 1. The molecule has 1 aliphatic heterocycles. The number of aromatic hydroxyl groups is 1. The van der Waals surface area contributed by atoms with Crippen molar-refractivity contribution in [2.75, 3.05) is 7.11 Å². The van der Waals surface area contributed by atoms with E-state index in [2.05, 4.69) is 0 Å². The molecule has 1 aliphatic rings. The molecule has 236 valence electrons. The highest BCUT2D eigenvalue weighted by Crippen LogP contribution is 2.33. The standard InChI is InChI=1S/C27H27NO16/c1-13(29)39-21-22(40-14(2)30)24(41-15(3)31)26(44-23(21)25(33)37-4)42-19-8-5-16(20(32)11-19)12-38-27(34)43-18-9-6-17(7-10-18)28(35)36/h5-11,21-24,26,32H,12H2,1-4H3/t21-,22?,23?,24+,26?/m0/s1. The molecular weight excluding hydrogens is 594 g/mol. The number of nitrogens with zero attached hydrogens (tertiary/aromatic N) is 1. The van der Waals surface area contributed by atoms with Gasteiger partial charge in [-0.1, -0.05) is 0 Å². The molecule has 3 unspecified atom stereocenters. The van der Waals surface area contributed by atoms with Gasteiger partial charge in [0.1, 0.15) is 23.9 Å².